The third-order valence-corrected chi connectivity index (χ3v) is 3.95. The molecule has 24 heavy (non-hydrogen) atoms. The van der Waals surface area contributed by atoms with Gasteiger partial charge >= 0.3 is 11.7 Å². The zero-order chi connectivity index (χ0) is 17.6. The Hall–Kier alpha value is -2.68. The van der Waals surface area contributed by atoms with Crippen molar-refractivity contribution in [2.24, 2.45) is 5.41 Å². The number of nitrogens with one attached hydrogen (secondary N) is 1. The van der Waals surface area contributed by atoms with Gasteiger partial charge < -0.3 is 19.9 Å². The van der Waals surface area contributed by atoms with Crippen molar-refractivity contribution in [3.05, 3.63) is 34.4 Å². The first-order valence-electron chi connectivity index (χ1n) is 7.39. The van der Waals surface area contributed by atoms with Crippen molar-refractivity contribution in [2.75, 3.05) is 26.4 Å². The van der Waals surface area contributed by atoms with Crippen molar-refractivity contribution in [1.82, 2.24) is 5.32 Å². The Balaban J connectivity index is 1.90. The Morgan fingerprint density at radius 1 is 1.33 bits per heavy atom. The number of carbonyl (C=O) groups is 2. The Kier molecular flexibility index (Phi) is 5.69. The van der Waals surface area contributed by atoms with Crippen LogP contribution in [0.5, 0.6) is 5.75 Å². The summed E-state index contributed by atoms with van der Waals surface area (Å²) in [5.74, 6) is -1.54. The summed E-state index contributed by atoms with van der Waals surface area (Å²) in [5.41, 5.74) is -1.29. The summed E-state index contributed by atoms with van der Waals surface area (Å²) in [5, 5.41) is 22.8. The number of carbonyl (C=O) groups excluding carboxylic acids is 1. The van der Waals surface area contributed by atoms with E-state index in [4.69, 9.17) is 9.47 Å². The average Bonchev–Trinajstić information content (AvgIpc) is 2.59. The molecule has 2 rings (SSSR count). The Morgan fingerprint density at radius 3 is 2.62 bits per heavy atom. The third-order valence-electron chi connectivity index (χ3n) is 3.95. The van der Waals surface area contributed by atoms with Crippen molar-refractivity contribution in [2.45, 2.75) is 12.8 Å². The molecule has 1 aliphatic rings. The van der Waals surface area contributed by atoms with Crippen LogP contribution >= 0.6 is 0 Å². The molecule has 0 atom stereocenters. The monoisotopic (exact) mass is 338 g/mol. The van der Waals surface area contributed by atoms with E-state index in [-0.39, 0.29) is 18.0 Å². The van der Waals surface area contributed by atoms with Gasteiger partial charge in [0.2, 0.25) is 0 Å². The van der Waals surface area contributed by atoms with E-state index in [1.165, 1.54) is 18.2 Å². The number of benzene rings is 1. The fourth-order valence-electron chi connectivity index (χ4n) is 2.42. The minimum Gasteiger partial charge on any atom is -0.481 e. The number of ether oxygens (including phenoxy) is 2. The second-order valence-corrected chi connectivity index (χ2v) is 5.49. The number of nitro groups is 1. The molecule has 0 aliphatic carbocycles. The smallest absolute Gasteiger partial charge is 0.311 e. The summed E-state index contributed by atoms with van der Waals surface area (Å²) in [7, 11) is 0. The van der Waals surface area contributed by atoms with E-state index in [1.54, 1.807) is 6.07 Å². The summed E-state index contributed by atoms with van der Waals surface area (Å²) in [6.07, 6.45) is 0.626. The topological polar surface area (TPSA) is 128 Å². The lowest BCUT2D eigenvalue weighted by molar-refractivity contribution is -0.385. The number of rotatable bonds is 7. The highest BCUT2D eigenvalue weighted by Crippen LogP contribution is 2.30. The van der Waals surface area contributed by atoms with Crippen molar-refractivity contribution < 1.29 is 29.1 Å². The lowest BCUT2D eigenvalue weighted by Crippen LogP contribution is -2.47. The van der Waals surface area contributed by atoms with Gasteiger partial charge in [-0.05, 0) is 18.9 Å². The molecule has 1 aromatic rings. The molecular weight excluding hydrogens is 320 g/mol. The number of hydrogen-bond acceptors (Lipinski definition) is 6. The molecule has 1 aliphatic heterocycles. The summed E-state index contributed by atoms with van der Waals surface area (Å²) in [6, 6.07) is 5.71. The number of amides is 1. The molecule has 2 N–H and O–H groups in total. The standard InChI is InChI=1S/C15H18N2O7/c18-13(9-24-12-4-2-1-3-11(12)17(21)22)16-10-15(14(19)20)5-7-23-8-6-15/h1-4H,5-10H2,(H,16,18)(H,19,20). The lowest BCUT2D eigenvalue weighted by Gasteiger charge is -2.33. The maximum atomic E-state index is 11.9. The first-order valence-corrected chi connectivity index (χ1v) is 7.39. The molecule has 1 heterocycles. The highest BCUT2D eigenvalue weighted by molar-refractivity contribution is 5.80. The van der Waals surface area contributed by atoms with Crippen molar-refractivity contribution in [3.63, 3.8) is 0 Å². The molecule has 0 aromatic heterocycles. The number of nitrogens with zero attached hydrogens (tertiary/aromatic N) is 1. The van der Waals surface area contributed by atoms with Crippen LogP contribution in [-0.4, -0.2) is 48.3 Å². The minimum atomic E-state index is -1.05. The molecule has 0 bridgehead atoms. The van der Waals surface area contributed by atoms with Gasteiger partial charge in [-0.15, -0.1) is 0 Å². The predicted molar refractivity (Wildman–Crippen MR) is 81.7 cm³/mol. The summed E-state index contributed by atoms with van der Waals surface area (Å²) in [6.45, 7) is 0.186. The first-order chi connectivity index (χ1) is 11.4. The van der Waals surface area contributed by atoms with Crippen LogP contribution in [-0.2, 0) is 14.3 Å². The van der Waals surface area contributed by atoms with Crippen LogP contribution in [0.3, 0.4) is 0 Å². The van der Waals surface area contributed by atoms with Gasteiger partial charge in [-0.3, -0.25) is 19.7 Å². The van der Waals surface area contributed by atoms with Gasteiger partial charge in [0.15, 0.2) is 12.4 Å². The largest absolute Gasteiger partial charge is 0.481 e. The number of aliphatic carboxylic acids is 1. The van der Waals surface area contributed by atoms with Crippen LogP contribution in [0.25, 0.3) is 0 Å². The molecule has 130 valence electrons. The fourth-order valence-corrected chi connectivity index (χ4v) is 2.42. The van der Waals surface area contributed by atoms with Crippen molar-refractivity contribution in [1.29, 1.82) is 0 Å². The number of para-hydroxylation sites is 2. The SMILES string of the molecule is O=C(COc1ccccc1[N+](=O)[O-])NCC1(C(=O)O)CCOCC1. The molecule has 1 fully saturated rings. The molecule has 0 saturated carbocycles. The molecule has 9 nitrogen and oxygen atoms in total. The van der Waals surface area contributed by atoms with Gasteiger partial charge in [0, 0.05) is 25.8 Å². The van der Waals surface area contributed by atoms with Crippen LogP contribution in [0.15, 0.2) is 24.3 Å². The highest BCUT2D eigenvalue weighted by Gasteiger charge is 2.40. The third kappa shape index (κ3) is 4.19. The second kappa shape index (κ2) is 7.73. The van der Waals surface area contributed by atoms with Gasteiger partial charge in [0.25, 0.3) is 5.91 Å². The predicted octanol–water partition coefficient (Wildman–Crippen LogP) is 0.971. The maximum absolute atomic E-state index is 11.9. The summed E-state index contributed by atoms with van der Waals surface area (Å²) < 4.78 is 10.3. The van der Waals surface area contributed by atoms with Gasteiger partial charge in [-0.1, -0.05) is 12.1 Å². The molecule has 0 radical (unpaired) electrons. The number of hydrogen-bond donors (Lipinski definition) is 2. The van der Waals surface area contributed by atoms with E-state index < -0.39 is 28.8 Å². The average molecular weight is 338 g/mol. The minimum absolute atomic E-state index is 0.0170. The van der Waals surface area contributed by atoms with E-state index in [0.717, 1.165) is 0 Å². The number of nitro benzene ring substituents is 1. The van der Waals surface area contributed by atoms with Gasteiger partial charge in [0.1, 0.15) is 0 Å². The van der Waals surface area contributed by atoms with Crippen LogP contribution in [0.1, 0.15) is 12.8 Å². The fraction of sp³-hybridized carbons (Fsp3) is 0.467. The first kappa shape index (κ1) is 17.7. The van der Waals surface area contributed by atoms with E-state index >= 15 is 0 Å². The van der Waals surface area contributed by atoms with Crippen LogP contribution in [0.2, 0.25) is 0 Å². The normalized spacial score (nSPS) is 16.2. The van der Waals surface area contributed by atoms with Gasteiger partial charge in [0.05, 0.1) is 10.3 Å². The molecule has 0 unspecified atom stereocenters. The van der Waals surface area contributed by atoms with Crippen molar-refractivity contribution >= 4 is 17.6 Å². The number of carboxylic acid groups (broad SMARTS) is 1. The Morgan fingerprint density at radius 2 is 2.00 bits per heavy atom. The van der Waals surface area contributed by atoms with E-state index in [1.807, 2.05) is 0 Å². The van der Waals surface area contributed by atoms with Crippen molar-refractivity contribution in [3.8, 4) is 5.75 Å². The van der Waals surface area contributed by atoms with Crippen LogP contribution in [0, 0.1) is 15.5 Å². The maximum Gasteiger partial charge on any atom is 0.311 e. The number of carboxylic acids is 1. The van der Waals surface area contributed by atoms with Crippen LogP contribution < -0.4 is 10.1 Å². The second-order valence-electron chi connectivity index (χ2n) is 5.49. The van der Waals surface area contributed by atoms with E-state index in [9.17, 15) is 24.8 Å². The summed E-state index contributed by atoms with van der Waals surface area (Å²) in [4.78, 5) is 33.6. The molecule has 1 saturated heterocycles. The van der Waals surface area contributed by atoms with E-state index in [0.29, 0.717) is 26.1 Å². The zero-order valence-electron chi connectivity index (χ0n) is 12.9. The van der Waals surface area contributed by atoms with Crippen LogP contribution in [0.4, 0.5) is 5.69 Å². The lowest BCUT2D eigenvalue weighted by atomic mass is 9.80. The summed E-state index contributed by atoms with van der Waals surface area (Å²) >= 11 is 0. The molecule has 0 spiro atoms. The highest BCUT2D eigenvalue weighted by atomic mass is 16.6. The van der Waals surface area contributed by atoms with Gasteiger partial charge in [-0.25, -0.2) is 0 Å². The van der Waals surface area contributed by atoms with Gasteiger partial charge in [-0.2, -0.15) is 0 Å². The molecule has 1 aromatic carbocycles. The Bertz CT molecular complexity index is 626. The Labute approximate surface area is 137 Å². The molecular formula is C15H18N2O7. The zero-order valence-corrected chi connectivity index (χ0v) is 12.9. The van der Waals surface area contributed by atoms with E-state index in [2.05, 4.69) is 5.32 Å². The molecule has 1 amide bonds. The molecule has 9 heteroatoms. The quantitative estimate of drug-likeness (QED) is 0.560.